The maximum absolute atomic E-state index is 12.9. The number of amides is 3. The molecule has 24 heavy (non-hydrogen) atoms. The summed E-state index contributed by atoms with van der Waals surface area (Å²) >= 11 is 0. The standard InChI is InChI=1S/C18H24N4O2/c1-13(2)20-18(24)21-16(11-14-7-4-3-5-8-14)17(23)22-10-6-9-15(22)12-19/h3-5,7-8,13,15-16H,6,9-11H2,1-2H3,(H2,20,21,24)/t15-,16-/m0/s1. The van der Waals surface area contributed by atoms with Crippen molar-refractivity contribution in [2.24, 2.45) is 0 Å². The minimum Gasteiger partial charge on any atom is -0.336 e. The molecule has 1 aliphatic rings. The van der Waals surface area contributed by atoms with E-state index in [0.29, 0.717) is 19.4 Å². The predicted octanol–water partition coefficient (Wildman–Crippen LogP) is 1.82. The number of benzene rings is 1. The first-order chi connectivity index (χ1) is 11.5. The van der Waals surface area contributed by atoms with E-state index in [9.17, 15) is 14.9 Å². The molecule has 0 saturated carbocycles. The molecule has 1 aromatic carbocycles. The number of urea groups is 1. The molecule has 1 saturated heterocycles. The van der Waals surface area contributed by atoms with Crippen LogP contribution in [0.25, 0.3) is 0 Å². The molecule has 3 amide bonds. The quantitative estimate of drug-likeness (QED) is 0.864. The molecule has 1 heterocycles. The van der Waals surface area contributed by atoms with Gasteiger partial charge in [0.2, 0.25) is 5.91 Å². The van der Waals surface area contributed by atoms with Crippen LogP contribution < -0.4 is 10.6 Å². The van der Waals surface area contributed by atoms with Crippen molar-refractivity contribution < 1.29 is 9.59 Å². The van der Waals surface area contributed by atoms with Crippen LogP contribution in [0.15, 0.2) is 30.3 Å². The Bertz CT molecular complexity index is 609. The van der Waals surface area contributed by atoms with E-state index in [1.807, 2.05) is 44.2 Å². The Kier molecular flexibility index (Phi) is 6.19. The molecule has 0 radical (unpaired) electrons. The summed E-state index contributed by atoms with van der Waals surface area (Å²) in [5, 5.41) is 14.7. The van der Waals surface area contributed by atoms with Gasteiger partial charge in [-0.1, -0.05) is 30.3 Å². The Labute approximate surface area is 142 Å². The molecule has 0 aromatic heterocycles. The van der Waals surface area contributed by atoms with E-state index in [4.69, 9.17) is 0 Å². The lowest BCUT2D eigenvalue weighted by Crippen LogP contribution is -2.54. The SMILES string of the molecule is CC(C)NC(=O)N[C@@H](Cc1ccccc1)C(=O)N1CCC[C@H]1C#N. The predicted molar refractivity (Wildman–Crippen MR) is 91.1 cm³/mol. The monoisotopic (exact) mass is 328 g/mol. The highest BCUT2D eigenvalue weighted by Gasteiger charge is 2.34. The average Bonchev–Trinajstić information content (AvgIpc) is 3.02. The molecule has 6 heteroatoms. The van der Waals surface area contributed by atoms with Crippen molar-refractivity contribution in [1.82, 2.24) is 15.5 Å². The van der Waals surface area contributed by atoms with Gasteiger partial charge in [-0.2, -0.15) is 5.26 Å². The van der Waals surface area contributed by atoms with Crippen molar-refractivity contribution in [3.8, 4) is 6.07 Å². The van der Waals surface area contributed by atoms with Crippen molar-refractivity contribution in [1.29, 1.82) is 5.26 Å². The Morgan fingerprint density at radius 2 is 2.00 bits per heavy atom. The van der Waals surface area contributed by atoms with Crippen LogP contribution in [0.1, 0.15) is 32.3 Å². The number of nitrogens with zero attached hydrogens (tertiary/aromatic N) is 2. The van der Waals surface area contributed by atoms with Crippen molar-refractivity contribution in [2.45, 2.75) is 51.2 Å². The molecule has 0 spiro atoms. The van der Waals surface area contributed by atoms with Gasteiger partial charge < -0.3 is 15.5 Å². The van der Waals surface area contributed by atoms with Gasteiger partial charge in [0.05, 0.1) is 6.07 Å². The van der Waals surface area contributed by atoms with Gasteiger partial charge in [-0.25, -0.2) is 4.79 Å². The van der Waals surface area contributed by atoms with Crippen LogP contribution in [0.2, 0.25) is 0 Å². The first-order valence-electron chi connectivity index (χ1n) is 8.32. The maximum atomic E-state index is 12.9. The van der Waals surface area contributed by atoms with Crippen molar-refractivity contribution in [2.75, 3.05) is 6.54 Å². The molecular weight excluding hydrogens is 304 g/mol. The van der Waals surface area contributed by atoms with Crippen LogP contribution in [0.3, 0.4) is 0 Å². The number of hydrogen-bond donors (Lipinski definition) is 2. The fourth-order valence-electron chi connectivity index (χ4n) is 2.88. The second kappa shape index (κ2) is 8.34. The minimum atomic E-state index is -0.680. The summed E-state index contributed by atoms with van der Waals surface area (Å²) in [5.41, 5.74) is 0.966. The molecule has 2 rings (SSSR count). The molecular formula is C18H24N4O2. The van der Waals surface area contributed by atoms with E-state index in [1.54, 1.807) is 4.90 Å². The van der Waals surface area contributed by atoms with Crippen LogP contribution in [0.5, 0.6) is 0 Å². The molecule has 0 bridgehead atoms. The zero-order valence-electron chi connectivity index (χ0n) is 14.2. The van der Waals surface area contributed by atoms with Crippen LogP contribution in [-0.4, -0.2) is 41.5 Å². The molecule has 2 atom stereocenters. The number of carbonyl (C=O) groups excluding carboxylic acids is 2. The van der Waals surface area contributed by atoms with E-state index < -0.39 is 12.1 Å². The van der Waals surface area contributed by atoms with E-state index in [0.717, 1.165) is 12.0 Å². The Morgan fingerprint density at radius 1 is 1.29 bits per heavy atom. The molecule has 0 aliphatic carbocycles. The van der Waals surface area contributed by atoms with Gasteiger partial charge >= 0.3 is 6.03 Å². The Morgan fingerprint density at radius 3 is 2.62 bits per heavy atom. The largest absolute Gasteiger partial charge is 0.336 e. The summed E-state index contributed by atoms with van der Waals surface area (Å²) < 4.78 is 0. The molecule has 2 N–H and O–H groups in total. The molecule has 1 aliphatic heterocycles. The second-order valence-electron chi connectivity index (χ2n) is 6.33. The summed E-state index contributed by atoms with van der Waals surface area (Å²) in [6, 6.07) is 10.3. The highest BCUT2D eigenvalue weighted by molar-refractivity contribution is 5.88. The number of rotatable bonds is 5. The summed E-state index contributed by atoms with van der Waals surface area (Å²) in [4.78, 5) is 26.5. The molecule has 1 aromatic rings. The van der Waals surface area contributed by atoms with Crippen LogP contribution in [0, 0.1) is 11.3 Å². The molecule has 0 unspecified atom stereocenters. The normalized spacial score (nSPS) is 18.1. The summed E-state index contributed by atoms with van der Waals surface area (Å²) in [6.07, 6.45) is 1.92. The van der Waals surface area contributed by atoms with Crippen molar-refractivity contribution in [3.05, 3.63) is 35.9 Å². The van der Waals surface area contributed by atoms with Gasteiger partial charge in [0.15, 0.2) is 0 Å². The van der Waals surface area contributed by atoms with Crippen molar-refractivity contribution in [3.63, 3.8) is 0 Å². The molecule has 1 fully saturated rings. The Balaban J connectivity index is 2.13. The van der Waals surface area contributed by atoms with E-state index in [1.165, 1.54) is 0 Å². The summed E-state index contributed by atoms with van der Waals surface area (Å²) in [7, 11) is 0. The van der Waals surface area contributed by atoms with E-state index in [2.05, 4.69) is 16.7 Å². The van der Waals surface area contributed by atoms with Gasteiger partial charge in [0, 0.05) is 19.0 Å². The van der Waals surface area contributed by atoms with E-state index >= 15 is 0 Å². The highest BCUT2D eigenvalue weighted by Crippen LogP contribution is 2.18. The van der Waals surface area contributed by atoms with Gasteiger partial charge in [-0.05, 0) is 32.3 Å². The first kappa shape index (κ1) is 17.8. The minimum absolute atomic E-state index is 0.0175. The second-order valence-corrected chi connectivity index (χ2v) is 6.33. The summed E-state index contributed by atoms with van der Waals surface area (Å²) in [5.74, 6) is -0.193. The number of nitriles is 1. The number of nitrogens with one attached hydrogen (secondary N) is 2. The Hall–Kier alpha value is -2.55. The first-order valence-corrected chi connectivity index (χ1v) is 8.32. The zero-order valence-corrected chi connectivity index (χ0v) is 14.2. The number of hydrogen-bond acceptors (Lipinski definition) is 3. The number of carbonyl (C=O) groups is 2. The van der Waals surface area contributed by atoms with Crippen LogP contribution >= 0.6 is 0 Å². The van der Waals surface area contributed by atoms with Gasteiger partial charge in [-0.3, -0.25) is 4.79 Å². The lowest BCUT2D eigenvalue weighted by molar-refractivity contribution is -0.133. The third-order valence-corrected chi connectivity index (χ3v) is 3.99. The van der Waals surface area contributed by atoms with E-state index in [-0.39, 0.29) is 18.0 Å². The van der Waals surface area contributed by atoms with Crippen LogP contribution in [0.4, 0.5) is 4.79 Å². The number of likely N-dealkylation sites (tertiary alicyclic amines) is 1. The molecule has 128 valence electrons. The lowest BCUT2D eigenvalue weighted by Gasteiger charge is -2.26. The lowest BCUT2D eigenvalue weighted by atomic mass is 10.0. The summed E-state index contributed by atoms with van der Waals surface area (Å²) in [6.45, 7) is 4.29. The van der Waals surface area contributed by atoms with Crippen molar-refractivity contribution >= 4 is 11.9 Å². The van der Waals surface area contributed by atoms with Gasteiger partial charge in [0.1, 0.15) is 12.1 Å². The van der Waals surface area contributed by atoms with Crippen LogP contribution in [-0.2, 0) is 11.2 Å². The highest BCUT2D eigenvalue weighted by atomic mass is 16.2. The molecule has 6 nitrogen and oxygen atoms in total. The topological polar surface area (TPSA) is 85.2 Å². The fraction of sp³-hybridized carbons (Fsp3) is 0.500. The fourth-order valence-corrected chi connectivity index (χ4v) is 2.88. The van der Waals surface area contributed by atoms with Gasteiger partial charge in [0.25, 0.3) is 0 Å². The average molecular weight is 328 g/mol. The zero-order chi connectivity index (χ0) is 17.5. The third kappa shape index (κ3) is 4.72. The van der Waals surface area contributed by atoms with Gasteiger partial charge in [-0.15, -0.1) is 0 Å². The maximum Gasteiger partial charge on any atom is 0.315 e. The third-order valence-electron chi connectivity index (χ3n) is 3.99. The smallest absolute Gasteiger partial charge is 0.315 e.